The number of hydrogen-bond acceptors (Lipinski definition) is 3. The van der Waals surface area contributed by atoms with Crippen LogP contribution in [0.4, 0.5) is 14.5 Å². The quantitative estimate of drug-likeness (QED) is 0.841. The number of benzene rings is 1. The van der Waals surface area contributed by atoms with Gasteiger partial charge in [-0.3, -0.25) is 4.57 Å². The lowest BCUT2D eigenvalue weighted by atomic mass is 10.3. The number of halogens is 2. The number of imidazole rings is 1. The topological polar surface area (TPSA) is 29.9 Å². The standard InChI is InChI=1S/C12H13F2N3S/c1-18-10-5-3-2-4-9(10)16-8-11-15-6-7-17(11)12(13)14/h2-7,12,16H,8H2,1H3. The van der Waals surface area contributed by atoms with Gasteiger partial charge in [-0.25, -0.2) is 4.98 Å². The van der Waals surface area contributed by atoms with E-state index in [4.69, 9.17) is 0 Å². The van der Waals surface area contributed by atoms with E-state index in [9.17, 15) is 8.78 Å². The van der Waals surface area contributed by atoms with Crippen LogP contribution in [-0.2, 0) is 6.54 Å². The zero-order valence-corrected chi connectivity index (χ0v) is 10.6. The summed E-state index contributed by atoms with van der Waals surface area (Å²) < 4.78 is 26.1. The lowest BCUT2D eigenvalue weighted by Gasteiger charge is -2.11. The Morgan fingerprint density at radius 1 is 1.39 bits per heavy atom. The molecule has 0 aliphatic rings. The molecule has 0 aliphatic carbocycles. The van der Waals surface area contributed by atoms with Crippen LogP contribution in [0.5, 0.6) is 0 Å². The van der Waals surface area contributed by atoms with Gasteiger partial charge in [-0.1, -0.05) is 12.1 Å². The van der Waals surface area contributed by atoms with Crippen LogP contribution in [0.1, 0.15) is 12.4 Å². The van der Waals surface area contributed by atoms with Crippen molar-refractivity contribution in [2.24, 2.45) is 0 Å². The predicted octanol–water partition coefficient (Wildman–Crippen LogP) is 3.61. The molecule has 1 aromatic heterocycles. The Bertz CT molecular complexity index is 514. The van der Waals surface area contributed by atoms with Gasteiger partial charge >= 0.3 is 6.55 Å². The largest absolute Gasteiger partial charge is 0.377 e. The summed E-state index contributed by atoms with van der Waals surface area (Å²) in [6.07, 6.45) is 4.63. The van der Waals surface area contributed by atoms with Crippen molar-refractivity contribution >= 4 is 17.4 Å². The average Bonchev–Trinajstić information content (AvgIpc) is 2.85. The van der Waals surface area contributed by atoms with Crippen LogP contribution in [0.2, 0.25) is 0 Å². The molecular weight excluding hydrogens is 256 g/mol. The summed E-state index contributed by atoms with van der Waals surface area (Å²) in [6.45, 7) is -2.28. The number of hydrogen-bond donors (Lipinski definition) is 1. The van der Waals surface area contributed by atoms with Crippen molar-refractivity contribution in [1.29, 1.82) is 0 Å². The number of thioether (sulfide) groups is 1. The number of nitrogens with one attached hydrogen (secondary N) is 1. The molecule has 96 valence electrons. The van der Waals surface area contributed by atoms with Crippen molar-refractivity contribution in [3.05, 3.63) is 42.5 Å². The van der Waals surface area contributed by atoms with Gasteiger partial charge in [0.05, 0.1) is 6.54 Å². The zero-order valence-electron chi connectivity index (χ0n) is 9.81. The molecule has 0 unspecified atom stereocenters. The van der Waals surface area contributed by atoms with E-state index < -0.39 is 6.55 Å². The number of anilines is 1. The van der Waals surface area contributed by atoms with E-state index >= 15 is 0 Å². The normalized spacial score (nSPS) is 10.9. The molecule has 2 aromatic rings. The smallest absolute Gasteiger partial charge is 0.319 e. The third kappa shape index (κ3) is 2.81. The van der Waals surface area contributed by atoms with E-state index in [0.29, 0.717) is 5.82 Å². The van der Waals surface area contributed by atoms with Gasteiger partial charge < -0.3 is 5.32 Å². The molecule has 3 nitrogen and oxygen atoms in total. The molecule has 0 radical (unpaired) electrons. The minimum absolute atomic E-state index is 0.273. The molecule has 18 heavy (non-hydrogen) atoms. The number of rotatable bonds is 5. The minimum Gasteiger partial charge on any atom is -0.377 e. The van der Waals surface area contributed by atoms with Crippen molar-refractivity contribution in [2.45, 2.75) is 18.0 Å². The first-order chi connectivity index (χ1) is 8.72. The van der Waals surface area contributed by atoms with E-state index in [1.165, 1.54) is 12.4 Å². The Balaban J connectivity index is 2.09. The van der Waals surface area contributed by atoms with Gasteiger partial charge in [-0.05, 0) is 18.4 Å². The van der Waals surface area contributed by atoms with Crippen LogP contribution in [0, 0.1) is 0 Å². The van der Waals surface area contributed by atoms with Crippen LogP contribution < -0.4 is 5.32 Å². The number of aromatic nitrogens is 2. The van der Waals surface area contributed by atoms with Crippen LogP contribution in [-0.4, -0.2) is 15.8 Å². The Kier molecular flexibility index (Phi) is 4.19. The molecule has 1 N–H and O–H groups in total. The third-order valence-corrected chi connectivity index (χ3v) is 3.30. The highest BCUT2D eigenvalue weighted by molar-refractivity contribution is 7.98. The first-order valence-electron chi connectivity index (χ1n) is 5.39. The van der Waals surface area contributed by atoms with Crippen molar-refractivity contribution < 1.29 is 8.78 Å². The summed E-state index contributed by atoms with van der Waals surface area (Å²) >= 11 is 1.61. The van der Waals surface area contributed by atoms with Gasteiger partial charge in [0.25, 0.3) is 0 Å². The molecule has 0 atom stereocenters. The van der Waals surface area contributed by atoms with E-state index in [1.807, 2.05) is 30.5 Å². The molecule has 0 saturated carbocycles. The highest BCUT2D eigenvalue weighted by atomic mass is 32.2. The molecule has 0 saturated heterocycles. The Morgan fingerprint density at radius 3 is 2.89 bits per heavy atom. The summed E-state index contributed by atoms with van der Waals surface area (Å²) in [5, 5.41) is 3.12. The highest BCUT2D eigenvalue weighted by Crippen LogP contribution is 2.25. The maximum absolute atomic E-state index is 12.6. The van der Waals surface area contributed by atoms with Crippen LogP contribution >= 0.6 is 11.8 Å². The van der Waals surface area contributed by atoms with E-state index in [2.05, 4.69) is 10.3 Å². The van der Waals surface area contributed by atoms with Crippen molar-refractivity contribution in [3.63, 3.8) is 0 Å². The Labute approximate surface area is 108 Å². The van der Waals surface area contributed by atoms with Crippen molar-refractivity contribution in [3.8, 4) is 0 Å². The average molecular weight is 269 g/mol. The molecule has 0 fully saturated rings. The van der Waals surface area contributed by atoms with Crippen LogP contribution in [0.15, 0.2) is 41.6 Å². The second-order valence-electron chi connectivity index (χ2n) is 3.58. The molecule has 0 amide bonds. The maximum atomic E-state index is 12.6. The fourth-order valence-electron chi connectivity index (χ4n) is 1.62. The molecule has 0 spiro atoms. The molecule has 6 heteroatoms. The number of para-hydroxylation sites is 1. The molecule has 1 aromatic carbocycles. The van der Waals surface area contributed by atoms with Gasteiger partial charge in [0.1, 0.15) is 5.82 Å². The summed E-state index contributed by atoms with van der Waals surface area (Å²) in [4.78, 5) is 5.00. The number of alkyl halides is 2. The molecule has 2 rings (SSSR count). The predicted molar refractivity (Wildman–Crippen MR) is 69.0 cm³/mol. The lowest BCUT2D eigenvalue weighted by Crippen LogP contribution is -2.09. The summed E-state index contributed by atoms with van der Waals surface area (Å²) in [7, 11) is 0. The van der Waals surface area contributed by atoms with Gasteiger partial charge in [-0.15, -0.1) is 11.8 Å². The molecule has 1 heterocycles. The van der Waals surface area contributed by atoms with Gasteiger partial charge in [0, 0.05) is 23.0 Å². The monoisotopic (exact) mass is 269 g/mol. The zero-order chi connectivity index (χ0) is 13.0. The maximum Gasteiger partial charge on any atom is 0.319 e. The highest BCUT2D eigenvalue weighted by Gasteiger charge is 2.11. The van der Waals surface area contributed by atoms with Gasteiger partial charge in [-0.2, -0.15) is 8.78 Å². The summed E-state index contributed by atoms with van der Waals surface area (Å²) in [5.41, 5.74) is 0.925. The minimum atomic E-state index is -2.56. The third-order valence-electron chi connectivity index (χ3n) is 2.50. The summed E-state index contributed by atoms with van der Waals surface area (Å²) in [6, 6.07) is 7.74. The van der Waals surface area contributed by atoms with Crippen LogP contribution in [0.25, 0.3) is 0 Å². The molecule has 0 bridgehead atoms. The number of nitrogens with zero attached hydrogens (tertiary/aromatic N) is 2. The van der Waals surface area contributed by atoms with E-state index in [-0.39, 0.29) is 6.54 Å². The first kappa shape index (κ1) is 12.9. The molecular formula is C12H13F2N3S. The van der Waals surface area contributed by atoms with Crippen molar-refractivity contribution in [1.82, 2.24) is 9.55 Å². The van der Waals surface area contributed by atoms with Crippen LogP contribution in [0.3, 0.4) is 0 Å². The Morgan fingerprint density at radius 2 is 2.17 bits per heavy atom. The first-order valence-corrected chi connectivity index (χ1v) is 6.61. The van der Waals surface area contributed by atoms with Gasteiger partial charge in [0.15, 0.2) is 0 Å². The molecule has 0 aliphatic heterocycles. The van der Waals surface area contributed by atoms with Gasteiger partial charge in [0.2, 0.25) is 0 Å². The summed E-state index contributed by atoms with van der Waals surface area (Å²) in [5.74, 6) is 0.320. The Hall–Kier alpha value is -1.56. The fourth-order valence-corrected chi connectivity index (χ4v) is 2.20. The van der Waals surface area contributed by atoms with Crippen molar-refractivity contribution in [2.75, 3.05) is 11.6 Å². The SMILES string of the molecule is CSc1ccccc1NCc1nccn1C(F)F. The van der Waals surface area contributed by atoms with E-state index in [1.54, 1.807) is 11.8 Å². The second kappa shape index (κ2) is 5.86. The fraction of sp³-hybridized carbons (Fsp3) is 0.250. The lowest BCUT2D eigenvalue weighted by molar-refractivity contribution is 0.0673. The van der Waals surface area contributed by atoms with E-state index in [0.717, 1.165) is 15.1 Å². The second-order valence-corrected chi connectivity index (χ2v) is 4.43.